The van der Waals surface area contributed by atoms with E-state index < -0.39 is 11.8 Å². The van der Waals surface area contributed by atoms with Crippen LogP contribution in [0.25, 0.3) is 0 Å². The largest absolute Gasteiger partial charge is 0.374 e. The summed E-state index contributed by atoms with van der Waals surface area (Å²) in [4.78, 5) is 29.6. The van der Waals surface area contributed by atoms with E-state index in [2.05, 4.69) is 45.7 Å². The average Bonchev–Trinajstić information content (AvgIpc) is 3.30. The number of hydrogen-bond donors (Lipinski definition) is 2. The van der Waals surface area contributed by atoms with Crippen molar-refractivity contribution in [3.05, 3.63) is 59.2 Å². The van der Waals surface area contributed by atoms with Crippen molar-refractivity contribution >= 4 is 23.2 Å². The van der Waals surface area contributed by atoms with Gasteiger partial charge in [-0.2, -0.15) is 0 Å². The van der Waals surface area contributed by atoms with Crippen LogP contribution >= 0.6 is 0 Å². The van der Waals surface area contributed by atoms with Crippen LogP contribution in [0.5, 0.6) is 0 Å². The summed E-state index contributed by atoms with van der Waals surface area (Å²) >= 11 is 0. The molecule has 0 aliphatic carbocycles. The number of likely N-dealkylation sites (tertiary alicyclic amines) is 1. The number of carbonyl (C=O) groups excluding carboxylic acids is 2. The maximum atomic E-state index is 12.5. The van der Waals surface area contributed by atoms with Crippen molar-refractivity contribution in [2.45, 2.75) is 38.6 Å². The van der Waals surface area contributed by atoms with E-state index in [1.807, 2.05) is 19.1 Å². The third kappa shape index (κ3) is 5.07. The van der Waals surface area contributed by atoms with Gasteiger partial charge in [-0.05, 0) is 75.0 Å². The van der Waals surface area contributed by atoms with Gasteiger partial charge in [0, 0.05) is 31.5 Å². The van der Waals surface area contributed by atoms with Gasteiger partial charge in [0.05, 0.1) is 6.04 Å². The van der Waals surface area contributed by atoms with Gasteiger partial charge in [-0.1, -0.05) is 29.8 Å². The normalized spacial score (nSPS) is 17.2. The molecule has 2 heterocycles. The van der Waals surface area contributed by atoms with Crippen LogP contribution in [0.1, 0.15) is 42.0 Å². The first kappa shape index (κ1) is 21.4. The zero-order valence-electron chi connectivity index (χ0n) is 18.5. The highest BCUT2D eigenvalue weighted by Crippen LogP contribution is 2.31. The topological polar surface area (TPSA) is 64.7 Å². The SMILES string of the molecule is Cc1ccc(NC(=O)C(=O)NC[C@H](c2ccc3c(c2)CCCN3C)N2CCCC2)cc1. The lowest BCUT2D eigenvalue weighted by atomic mass is 9.96. The molecule has 0 radical (unpaired) electrons. The molecule has 6 nitrogen and oxygen atoms in total. The first-order valence-electron chi connectivity index (χ1n) is 11.2. The van der Waals surface area contributed by atoms with Gasteiger partial charge in [0.1, 0.15) is 0 Å². The highest BCUT2D eigenvalue weighted by Gasteiger charge is 2.26. The Morgan fingerprint density at radius 1 is 0.968 bits per heavy atom. The molecule has 0 unspecified atom stereocenters. The lowest BCUT2D eigenvalue weighted by Gasteiger charge is -2.31. The third-order valence-corrected chi connectivity index (χ3v) is 6.39. The van der Waals surface area contributed by atoms with Crippen molar-refractivity contribution in [3.8, 4) is 0 Å². The van der Waals surface area contributed by atoms with E-state index in [9.17, 15) is 9.59 Å². The maximum Gasteiger partial charge on any atom is 0.313 e. The van der Waals surface area contributed by atoms with Crippen LogP contribution in [-0.4, -0.2) is 49.9 Å². The molecule has 0 saturated carbocycles. The predicted octanol–water partition coefficient (Wildman–Crippen LogP) is 3.27. The van der Waals surface area contributed by atoms with E-state index in [-0.39, 0.29) is 6.04 Å². The molecule has 1 saturated heterocycles. The number of aryl methyl sites for hydroxylation is 2. The fraction of sp³-hybridized carbons (Fsp3) is 0.440. The smallest absolute Gasteiger partial charge is 0.313 e. The number of nitrogens with one attached hydrogen (secondary N) is 2. The monoisotopic (exact) mass is 420 g/mol. The van der Waals surface area contributed by atoms with Crippen molar-refractivity contribution in [1.29, 1.82) is 0 Å². The van der Waals surface area contributed by atoms with Gasteiger partial charge in [0.25, 0.3) is 0 Å². The van der Waals surface area contributed by atoms with E-state index in [0.29, 0.717) is 12.2 Å². The van der Waals surface area contributed by atoms with Crippen LogP contribution in [-0.2, 0) is 16.0 Å². The number of carbonyl (C=O) groups is 2. The minimum atomic E-state index is -0.629. The maximum absolute atomic E-state index is 12.5. The Morgan fingerprint density at radius 3 is 2.45 bits per heavy atom. The van der Waals surface area contributed by atoms with Crippen molar-refractivity contribution in [1.82, 2.24) is 10.2 Å². The molecule has 1 fully saturated rings. The molecule has 2 aromatic rings. The number of fused-ring (bicyclic) bond motifs is 1. The number of nitrogens with zero attached hydrogens (tertiary/aromatic N) is 2. The van der Waals surface area contributed by atoms with Crippen molar-refractivity contribution in [2.24, 2.45) is 0 Å². The minimum absolute atomic E-state index is 0.0798. The van der Waals surface area contributed by atoms with Crippen LogP contribution in [0.4, 0.5) is 11.4 Å². The van der Waals surface area contributed by atoms with Gasteiger partial charge >= 0.3 is 11.8 Å². The highest BCUT2D eigenvalue weighted by atomic mass is 16.2. The van der Waals surface area contributed by atoms with E-state index in [1.165, 1.54) is 29.7 Å². The molecular formula is C25H32N4O2. The first-order valence-corrected chi connectivity index (χ1v) is 11.2. The molecule has 2 aliphatic rings. The van der Waals surface area contributed by atoms with Crippen molar-refractivity contribution in [2.75, 3.05) is 43.4 Å². The van der Waals surface area contributed by atoms with E-state index in [4.69, 9.17) is 0 Å². The molecule has 0 spiro atoms. The van der Waals surface area contributed by atoms with Crippen LogP contribution in [0.3, 0.4) is 0 Å². The van der Waals surface area contributed by atoms with Crippen molar-refractivity contribution < 1.29 is 9.59 Å². The highest BCUT2D eigenvalue weighted by molar-refractivity contribution is 6.39. The Labute approximate surface area is 184 Å². The van der Waals surface area contributed by atoms with Gasteiger partial charge < -0.3 is 15.5 Å². The summed E-state index contributed by atoms with van der Waals surface area (Å²) in [6, 6.07) is 14.2. The average molecular weight is 421 g/mol. The summed E-state index contributed by atoms with van der Waals surface area (Å²) in [5.41, 5.74) is 5.62. The van der Waals surface area contributed by atoms with Crippen LogP contribution in [0.15, 0.2) is 42.5 Å². The second kappa shape index (κ2) is 9.52. The lowest BCUT2D eigenvalue weighted by Crippen LogP contribution is -2.41. The Kier molecular flexibility index (Phi) is 6.56. The zero-order chi connectivity index (χ0) is 21.8. The van der Waals surface area contributed by atoms with Crippen LogP contribution in [0.2, 0.25) is 0 Å². The summed E-state index contributed by atoms with van der Waals surface area (Å²) in [5, 5.41) is 5.55. The van der Waals surface area contributed by atoms with E-state index >= 15 is 0 Å². The molecule has 164 valence electrons. The van der Waals surface area contributed by atoms with E-state index in [1.54, 1.807) is 12.1 Å². The number of amides is 2. The number of hydrogen-bond acceptors (Lipinski definition) is 4. The second-order valence-electron chi connectivity index (χ2n) is 8.70. The molecule has 0 aromatic heterocycles. The van der Waals surface area contributed by atoms with Gasteiger partial charge in [-0.3, -0.25) is 14.5 Å². The molecule has 6 heteroatoms. The number of anilines is 2. The molecule has 2 aliphatic heterocycles. The summed E-state index contributed by atoms with van der Waals surface area (Å²) in [6.07, 6.45) is 4.60. The predicted molar refractivity (Wildman–Crippen MR) is 124 cm³/mol. The molecule has 31 heavy (non-hydrogen) atoms. The Hall–Kier alpha value is -2.86. The lowest BCUT2D eigenvalue weighted by molar-refractivity contribution is -0.136. The van der Waals surface area contributed by atoms with Crippen LogP contribution < -0.4 is 15.5 Å². The summed E-state index contributed by atoms with van der Waals surface area (Å²) in [6.45, 7) is 5.54. The molecular weight excluding hydrogens is 388 g/mol. The zero-order valence-corrected chi connectivity index (χ0v) is 18.5. The van der Waals surface area contributed by atoms with E-state index in [0.717, 1.165) is 38.0 Å². The summed E-state index contributed by atoms with van der Waals surface area (Å²) in [5.74, 6) is -1.22. The third-order valence-electron chi connectivity index (χ3n) is 6.39. The molecule has 0 bridgehead atoms. The quantitative estimate of drug-likeness (QED) is 0.729. The minimum Gasteiger partial charge on any atom is -0.374 e. The summed E-state index contributed by atoms with van der Waals surface area (Å²) in [7, 11) is 2.14. The Balaban J connectivity index is 1.44. The van der Waals surface area contributed by atoms with Gasteiger partial charge in [-0.25, -0.2) is 0 Å². The van der Waals surface area contributed by atoms with Gasteiger partial charge in [0.2, 0.25) is 0 Å². The first-order chi connectivity index (χ1) is 15.0. The fourth-order valence-corrected chi connectivity index (χ4v) is 4.62. The summed E-state index contributed by atoms with van der Waals surface area (Å²) < 4.78 is 0. The molecule has 2 amide bonds. The van der Waals surface area contributed by atoms with Gasteiger partial charge in [0.15, 0.2) is 0 Å². The Bertz CT molecular complexity index is 935. The standard InChI is InChI=1S/C25H32N4O2/c1-18-7-10-21(11-8-18)27-25(31)24(30)26-17-23(29-14-3-4-15-29)20-9-12-22-19(16-20)6-5-13-28(22)2/h7-12,16,23H,3-6,13-15,17H2,1-2H3,(H,26,30)(H,27,31)/t23-/m1/s1. The molecule has 4 rings (SSSR count). The fourth-order valence-electron chi connectivity index (χ4n) is 4.62. The van der Waals surface area contributed by atoms with Crippen molar-refractivity contribution in [3.63, 3.8) is 0 Å². The Morgan fingerprint density at radius 2 is 1.71 bits per heavy atom. The molecule has 2 aromatic carbocycles. The number of benzene rings is 2. The van der Waals surface area contributed by atoms with Crippen LogP contribution in [0, 0.1) is 6.92 Å². The second-order valence-corrected chi connectivity index (χ2v) is 8.70. The number of rotatable bonds is 5. The molecule has 2 N–H and O–H groups in total. The molecule has 1 atom stereocenters. The van der Waals surface area contributed by atoms with Gasteiger partial charge in [-0.15, -0.1) is 0 Å².